The SMILES string of the molecule is COc1ccc(C(=O)Nc2cccc(SC(C)C(=O)Nc3nc(-c4ccc(OC)cc4)cs3)c2)cc1. The zero-order valence-electron chi connectivity index (χ0n) is 20.0. The Balaban J connectivity index is 1.34. The first-order valence-corrected chi connectivity index (χ1v) is 12.8. The smallest absolute Gasteiger partial charge is 0.255 e. The molecule has 3 aromatic carbocycles. The summed E-state index contributed by atoms with van der Waals surface area (Å²) in [5.74, 6) is 1.09. The molecule has 4 aromatic rings. The summed E-state index contributed by atoms with van der Waals surface area (Å²) in [6.07, 6.45) is 0. The fourth-order valence-corrected chi connectivity index (χ4v) is 4.93. The van der Waals surface area contributed by atoms with Crippen molar-refractivity contribution in [2.45, 2.75) is 17.1 Å². The van der Waals surface area contributed by atoms with E-state index in [1.165, 1.54) is 23.1 Å². The molecule has 0 aliphatic heterocycles. The van der Waals surface area contributed by atoms with Gasteiger partial charge in [0.2, 0.25) is 5.91 Å². The minimum atomic E-state index is -0.370. The molecule has 4 rings (SSSR count). The lowest BCUT2D eigenvalue weighted by Crippen LogP contribution is -2.22. The van der Waals surface area contributed by atoms with Gasteiger partial charge >= 0.3 is 0 Å². The number of nitrogens with zero attached hydrogens (tertiary/aromatic N) is 1. The summed E-state index contributed by atoms with van der Waals surface area (Å²) in [4.78, 5) is 30.7. The average molecular weight is 520 g/mol. The lowest BCUT2D eigenvalue weighted by atomic mass is 10.2. The van der Waals surface area contributed by atoms with Crippen LogP contribution in [0.25, 0.3) is 11.3 Å². The molecule has 2 N–H and O–H groups in total. The van der Waals surface area contributed by atoms with Gasteiger partial charge in [0.25, 0.3) is 5.91 Å². The Morgan fingerprint density at radius 1 is 0.917 bits per heavy atom. The van der Waals surface area contributed by atoms with Crippen LogP contribution in [-0.2, 0) is 4.79 Å². The van der Waals surface area contributed by atoms with Crippen molar-refractivity contribution in [2.75, 3.05) is 24.9 Å². The van der Waals surface area contributed by atoms with E-state index in [9.17, 15) is 9.59 Å². The molecule has 1 heterocycles. The van der Waals surface area contributed by atoms with Crippen molar-refractivity contribution in [1.29, 1.82) is 0 Å². The van der Waals surface area contributed by atoms with Gasteiger partial charge in [0, 0.05) is 27.1 Å². The Morgan fingerprint density at radius 2 is 1.58 bits per heavy atom. The van der Waals surface area contributed by atoms with Crippen molar-refractivity contribution < 1.29 is 19.1 Å². The monoisotopic (exact) mass is 519 g/mol. The van der Waals surface area contributed by atoms with Crippen molar-refractivity contribution in [1.82, 2.24) is 4.98 Å². The average Bonchev–Trinajstić information content (AvgIpc) is 3.37. The Hall–Kier alpha value is -3.82. The minimum Gasteiger partial charge on any atom is -0.497 e. The number of carbonyl (C=O) groups excluding carboxylic acids is 2. The number of anilines is 2. The second-order valence-corrected chi connectivity index (χ2v) is 10.00. The van der Waals surface area contributed by atoms with Crippen LogP contribution in [0, 0.1) is 0 Å². The van der Waals surface area contributed by atoms with Gasteiger partial charge in [-0.25, -0.2) is 4.98 Å². The van der Waals surface area contributed by atoms with Crippen LogP contribution in [0.2, 0.25) is 0 Å². The first-order valence-electron chi connectivity index (χ1n) is 11.1. The summed E-state index contributed by atoms with van der Waals surface area (Å²) >= 11 is 2.78. The number of carbonyl (C=O) groups is 2. The van der Waals surface area contributed by atoms with Crippen molar-refractivity contribution in [3.63, 3.8) is 0 Å². The molecule has 0 aliphatic carbocycles. The van der Waals surface area contributed by atoms with Crippen LogP contribution < -0.4 is 20.1 Å². The molecule has 1 aromatic heterocycles. The molecule has 2 amide bonds. The van der Waals surface area contributed by atoms with E-state index in [-0.39, 0.29) is 17.1 Å². The second-order valence-electron chi connectivity index (χ2n) is 7.73. The molecule has 0 radical (unpaired) electrons. The number of ether oxygens (including phenoxy) is 2. The predicted octanol–water partition coefficient (Wildman–Crippen LogP) is 6.20. The Kier molecular flexibility index (Phi) is 8.24. The number of amides is 2. The first-order chi connectivity index (χ1) is 17.4. The molecule has 1 unspecified atom stereocenters. The molecule has 0 aliphatic rings. The molecule has 0 saturated carbocycles. The van der Waals surface area contributed by atoms with E-state index in [0.717, 1.165) is 21.9 Å². The third kappa shape index (κ3) is 6.44. The summed E-state index contributed by atoms with van der Waals surface area (Å²) in [6, 6.07) is 21.9. The molecule has 1 atom stereocenters. The maximum Gasteiger partial charge on any atom is 0.255 e. The number of hydrogen-bond acceptors (Lipinski definition) is 7. The van der Waals surface area contributed by atoms with E-state index in [4.69, 9.17) is 9.47 Å². The number of nitrogens with one attached hydrogen (secondary N) is 2. The highest BCUT2D eigenvalue weighted by Crippen LogP contribution is 2.29. The minimum absolute atomic E-state index is 0.150. The Bertz CT molecular complexity index is 1340. The van der Waals surface area contributed by atoms with E-state index in [1.807, 2.05) is 60.8 Å². The van der Waals surface area contributed by atoms with Gasteiger partial charge in [0.1, 0.15) is 11.5 Å². The number of benzene rings is 3. The van der Waals surface area contributed by atoms with Gasteiger partial charge in [-0.1, -0.05) is 6.07 Å². The Labute approximate surface area is 217 Å². The summed E-state index contributed by atoms with van der Waals surface area (Å²) < 4.78 is 10.3. The lowest BCUT2D eigenvalue weighted by molar-refractivity contribution is -0.115. The van der Waals surface area contributed by atoms with E-state index in [0.29, 0.717) is 22.1 Å². The van der Waals surface area contributed by atoms with Gasteiger partial charge < -0.3 is 20.1 Å². The molecule has 7 nitrogen and oxygen atoms in total. The summed E-state index contributed by atoms with van der Waals surface area (Å²) in [5, 5.41) is 7.87. The van der Waals surface area contributed by atoms with E-state index < -0.39 is 0 Å². The molecule has 0 bridgehead atoms. The van der Waals surface area contributed by atoms with Crippen molar-refractivity contribution in [2.24, 2.45) is 0 Å². The number of thiazole rings is 1. The third-order valence-electron chi connectivity index (χ3n) is 5.25. The molecular formula is C27H25N3O4S2. The number of thioether (sulfide) groups is 1. The predicted molar refractivity (Wildman–Crippen MR) is 145 cm³/mol. The number of methoxy groups -OCH3 is 2. The first kappa shape index (κ1) is 25.3. The van der Waals surface area contributed by atoms with Crippen LogP contribution in [-0.4, -0.2) is 36.3 Å². The quantitative estimate of drug-likeness (QED) is 0.256. The second kappa shape index (κ2) is 11.7. The van der Waals surface area contributed by atoms with Crippen LogP contribution in [0.5, 0.6) is 11.5 Å². The molecule has 36 heavy (non-hydrogen) atoms. The van der Waals surface area contributed by atoms with Gasteiger partial charge in [-0.2, -0.15) is 0 Å². The van der Waals surface area contributed by atoms with Crippen molar-refractivity contribution >= 4 is 45.7 Å². The highest BCUT2D eigenvalue weighted by atomic mass is 32.2. The van der Waals surface area contributed by atoms with E-state index in [1.54, 1.807) is 38.5 Å². The zero-order valence-corrected chi connectivity index (χ0v) is 21.6. The summed E-state index contributed by atoms with van der Waals surface area (Å²) in [7, 11) is 3.20. The molecule has 9 heteroatoms. The maximum absolute atomic E-state index is 12.8. The van der Waals surface area contributed by atoms with Gasteiger partial charge in [-0.15, -0.1) is 23.1 Å². The lowest BCUT2D eigenvalue weighted by Gasteiger charge is -2.12. The van der Waals surface area contributed by atoms with Gasteiger partial charge in [-0.3, -0.25) is 9.59 Å². The highest BCUT2D eigenvalue weighted by molar-refractivity contribution is 8.00. The summed E-state index contributed by atoms with van der Waals surface area (Å²) in [6.45, 7) is 1.83. The number of rotatable bonds is 9. The normalized spacial score (nSPS) is 11.4. The van der Waals surface area contributed by atoms with Crippen LogP contribution in [0.1, 0.15) is 17.3 Å². The van der Waals surface area contributed by atoms with Crippen molar-refractivity contribution in [3.8, 4) is 22.8 Å². The molecule has 0 fully saturated rings. The fourth-order valence-electron chi connectivity index (χ4n) is 3.28. The molecule has 0 saturated heterocycles. The summed E-state index contributed by atoms with van der Waals surface area (Å²) in [5.41, 5.74) is 2.92. The Morgan fingerprint density at radius 3 is 2.25 bits per heavy atom. The van der Waals surface area contributed by atoms with E-state index in [2.05, 4.69) is 15.6 Å². The van der Waals surface area contributed by atoms with E-state index >= 15 is 0 Å². The van der Waals surface area contributed by atoms with Crippen LogP contribution in [0.4, 0.5) is 10.8 Å². The van der Waals surface area contributed by atoms with Gasteiger partial charge in [0.05, 0.1) is 25.2 Å². The third-order valence-corrected chi connectivity index (χ3v) is 7.10. The van der Waals surface area contributed by atoms with Gasteiger partial charge in [0.15, 0.2) is 5.13 Å². The maximum atomic E-state index is 12.8. The molecule has 184 valence electrons. The molecule has 0 spiro atoms. The standard InChI is InChI=1S/C27H25N3O4S2/c1-17(25(31)30-27-29-24(16-35-27)18-7-11-21(33-2)12-8-18)36-23-6-4-5-20(15-23)28-26(32)19-9-13-22(34-3)14-10-19/h4-17H,1-3H3,(H,28,32)(H,29,30,31). The number of aromatic nitrogens is 1. The fraction of sp³-hybridized carbons (Fsp3) is 0.148. The van der Waals surface area contributed by atoms with Crippen LogP contribution in [0.3, 0.4) is 0 Å². The van der Waals surface area contributed by atoms with Crippen LogP contribution >= 0.6 is 23.1 Å². The topological polar surface area (TPSA) is 89.5 Å². The largest absolute Gasteiger partial charge is 0.497 e. The highest BCUT2D eigenvalue weighted by Gasteiger charge is 2.17. The number of hydrogen-bond donors (Lipinski definition) is 2. The van der Waals surface area contributed by atoms with Crippen LogP contribution in [0.15, 0.2) is 83.1 Å². The zero-order chi connectivity index (χ0) is 25.5. The van der Waals surface area contributed by atoms with Crippen molar-refractivity contribution in [3.05, 3.63) is 83.7 Å². The van der Waals surface area contributed by atoms with Gasteiger partial charge in [-0.05, 0) is 73.7 Å². The molecular weight excluding hydrogens is 494 g/mol.